The van der Waals surface area contributed by atoms with Gasteiger partial charge in [0.15, 0.2) is 0 Å². The third-order valence-electron chi connectivity index (χ3n) is 2.18. The Morgan fingerprint density at radius 1 is 1.53 bits per heavy atom. The van der Waals surface area contributed by atoms with Crippen molar-refractivity contribution in [3.63, 3.8) is 0 Å². The number of rotatable bonds is 1. The molecule has 5 heteroatoms. The molecule has 78 valence electrons. The first-order valence-electron chi connectivity index (χ1n) is 4.28. The number of esters is 1. The van der Waals surface area contributed by atoms with Gasteiger partial charge in [0.25, 0.3) is 0 Å². The summed E-state index contributed by atoms with van der Waals surface area (Å²) in [6, 6.07) is 4.03. The molecule has 0 aliphatic rings. The summed E-state index contributed by atoms with van der Waals surface area (Å²) < 4.78 is 17.5. The number of H-pyrrole nitrogens is 1. The van der Waals surface area contributed by atoms with Crippen molar-refractivity contribution >= 4 is 22.7 Å². The first-order chi connectivity index (χ1) is 7.13. The predicted molar refractivity (Wildman–Crippen MR) is 54.0 cm³/mol. The number of benzene rings is 1. The molecule has 15 heavy (non-hydrogen) atoms. The Morgan fingerprint density at radius 2 is 2.27 bits per heavy atom. The van der Waals surface area contributed by atoms with Crippen LogP contribution in [0.25, 0.3) is 10.9 Å². The van der Waals surface area contributed by atoms with Gasteiger partial charge in [-0.2, -0.15) is 0 Å². The molecule has 2 aromatic rings. The van der Waals surface area contributed by atoms with E-state index >= 15 is 0 Å². The SMILES string of the molecule is COC(=O)c1c(N)[nH]c2cc(F)ccc12. The number of fused-ring (bicyclic) bond motifs is 1. The molecule has 0 aliphatic heterocycles. The van der Waals surface area contributed by atoms with E-state index in [1.807, 2.05) is 0 Å². The number of nitrogens with one attached hydrogen (secondary N) is 1. The highest BCUT2D eigenvalue weighted by Crippen LogP contribution is 2.25. The predicted octanol–water partition coefficient (Wildman–Crippen LogP) is 1.68. The lowest BCUT2D eigenvalue weighted by Gasteiger charge is -1.97. The van der Waals surface area contributed by atoms with Gasteiger partial charge >= 0.3 is 5.97 Å². The zero-order valence-electron chi connectivity index (χ0n) is 8.00. The maximum absolute atomic E-state index is 12.9. The van der Waals surface area contributed by atoms with Crippen molar-refractivity contribution < 1.29 is 13.9 Å². The minimum absolute atomic E-state index is 0.183. The van der Waals surface area contributed by atoms with Crippen LogP contribution in [0.15, 0.2) is 18.2 Å². The number of hydrogen-bond donors (Lipinski definition) is 2. The fourth-order valence-corrected chi connectivity index (χ4v) is 1.51. The molecule has 0 atom stereocenters. The second kappa shape index (κ2) is 3.27. The van der Waals surface area contributed by atoms with Crippen molar-refractivity contribution in [3.8, 4) is 0 Å². The normalized spacial score (nSPS) is 10.5. The Labute approximate surface area is 84.8 Å². The number of hydrogen-bond acceptors (Lipinski definition) is 3. The first kappa shape index (κ1) is 9.51. The van der Waals surface area contributed by atoms with Gasteiger partial charge < -0.3 is 15.5 Å². The number of carbonyl (C=O) groups excluding carboxylic acids is 1. The highest BCUT2D eigenvalue weighted by atomic mass is 19.1. The monoisotopic (exact) mass is 208 g/mol. The second-order valence-corrected chi connectivity index (χ2v) is 3.10. The van der Waals surface area contributed by atoms with Crippen molar-refractivity contribution in [1.29, 1.82) is 0 Å². The molecule has 0 unspecified atom stereocenters. The second-order valence-electron chi connectivity index (χ2n) is 3.10. The third kappa shape index (κ3) is 1.41. The number of halogens is 1. The summed E-state index contributed by atoms with van der Waals surface area (Å²) in [4.78, 5) is 14.1. The largest absolute Gasteiger partial charge is 0.465 e. The van der Waals surface area contributed by atoms with Crippen LogP contribution in [-0.4, -0.2) is 18.1 Å². The fourth-order valence-electron chi connectivity index (χ4n) is 1.51. The van der Waals surface area contributed by atoms with Crippen LogP contribution in [-0.2, 0) is 4.74 Å². The topological polar surface area (TPSA) is 68.1 Å². The van der Waals surface area contributed by atoms with Crippen LogP contribution in [0.1, 0.15) is 10.4 Å². The number of anilines is 1. The van der Waals surface area contributed by atoms with E-state index in [1.165, 1.54) is 25.3 Å². The van der Waals surface area contributed by atoms with Gasteiger partial charge in [-0.25, -0.2) is 9.18 Å². The van der Waals surface area contributed by atoms with Crippen LogP contribution in [0.4, 0.5) is 10.2 Å². The standard InChI is InChI=1S/C10H9FN2O2/c1-15-10(14)8-6-3-2-5(11)4-7(6)13-9(8)12/h2-4,13H,12H2,1H3. The molecule has 0 saturated heterocycles. The van der Waals surface area contributed by atoms with Crippen molar-refractivity contribution in [2.24, 2.45) is 0 Å². The molecule has 0 aliphatic carbocycles. The number of methoxy groups -OCH3 is 1. The highest BCUT2D eigenvalue weighted by molar-refractivity contribution is 6.08. The Kier molecular flexibility index (Phi) is 2.07. The Morgan fingerprint density at radius 3 is 2.93 bits per heavy atom. The summed E-state index contributed by atoms with van der Waals surface area (Å²) >= 11 is 0. The van der Waals surface area contributed by atoms with Gasteiger partial charge in [0, 0.05) is 5.39 Å². The molecule has 2 rings (SSSR count). The number of nitrogens with two attached hydrogens (primary N) is 1. The fraction of sp³-hybridized carbons (Fsp3) is 0.100. The van der Waals surface area contributed by atoms with Gasteiger partial charge in [0.2, 0.25) is 0 Å². The molecule has 1 aromatic heterocycles. The van der Waals surface area contributed by atoms with E-state index in [9.17, 15) is 9.18 Å². The van der Waals surface area contributed by atoms with E-state index < -0.39 is 5.97 Å². The Hall–Kier alpha value is -2.04. The molecule has 0 fully saturated rings. The number of nitrogen functional groups attached to an aromatic ring is 1. The smallest absolute Gasteiger partial charge is 0.342 e. The van der Waals surface area contributed by atoms with Crippen molar-refractivity contribution in [2.75, 3.05) is 12.8 Å². The van der Waals surface area contributed by atoms with E-state index in [0.717, 1.165) is 0 Å². The maximum Gasteiger partial charge on any atom is 0.342 e. The summed E-state index contributed by atoms with van der Waals surface area (Å²) in [5.74, 6) is -0.743. The zero-order chi connectivity index (χ0) is 11.0. The van der Waals surface area contributed by atoms with Crippen molar-refractivity contribution in [3.05, 3.63) is 29.6 Å². The quantitative estimate of drug-likeness (QED) is 0.700. The summed E-state index contributed by atoms with van der Waals surface area (Å²) in [6.45, 7) is 0. The molecule has 4 nitrogen and oxygen atoms in total. The Bertz CT molecular complexity index is 533. The lowest BCUT2D eigenvalue weighted by Crippen LogP contribution is -2.03. The lowest BCUT2D eigenvalue weighted by molar-refractivity contribution is 0.0604. The molecular formula is C10H9FN2O2. The van der Waals surface area contributed by atoms with Crippen molar-refractivity contribution in [1.82, 2.24) is 4.98 Å². The van der Waals surface area contributed by atoms with E-state index in [0.29, 0.717) is 10.9 Å². The number of aromatic nitrogens is 1. The average molecular weight is 208 g/mol. The van der Waals surface area contributed by atoms with E-state index in [4.69, 9.17) is 5.73 Å². The molecule has 0 bridgehead atoms. The molecule has 0 saturated carbocycles. The molecule has 3 N–H and O–H groups in total. The van der Waals surface area contributed by atoms with Gasteiger partial charge in [-0.15, -0.1) is 0 Å². The summed E-state index contributed by atoms with van der Waals surface area (Å²) in [6.07, 6.45) is 0. The van der Waals surface area contributed by atoms with Crippen LogP contribution in [0.5, 0.6) is 0 Å². The van der Waals surface area contributed by atoms with Crippen LogP contribution < -0.4 is 5.73 Å². The average Bonchev–Trinajstić information content (AvgIpc) is 2.52. The van der Waals surface area contributed by atoms with Crippen molar-refractivity contribution in [2.45, 2.75) is 0 Å². The minimum atomic E-state index is -0.537. The van der Waals surface area contributed by atoms with Gasteiger partial charge in [-0.05, 0) is 18.2 Å². The third-order valence-corrected chi connectivity index (χ3v) is 2.18. The number of ether oxygens (including phenoxy) is 1. The molecule has 1 aromatic carbocycles. The summed E-state index contributed by atoms with van der Waals surface area (Å²) in [5.41, 5.74) is 6.32. The molecular weight excluding hydrogens is 199 g/mol. The van der Waals surface area contributed by atoms with Crippen LogP contribution in [0.2, 0.25) is 0 Å². The Balaban J connectivity index is 2.73. The van der Waals surface area contributed by atoms with E-state index in [-0.39, 0.29) is 17.2 Å². The van der Waals surface area contributed by atoms with Gasteiger partial charge in [0.05, 0.1) is 12.6 Å². The minimum Gasteiger partial charge on any atom is -0.465 e. The molecule has 0 radical (unpaired) electrons. The zero-order valence-corrected chi connectivity index (χ0v) is 8.00. The van der Waals surface area contributed by atoms with E-state index in [2.05, 4.69) is 9.72 Å². The first-order valence-corrected chi connectivity index (χ1v) is 4.28. The molecule has 1 heterocycles. The summed E-state index contributed by atoms with van der Waals surface area (Å²) in [5, 5.41) is 0.556. The molecule has 0 spiro atoms. The highest BCUT2D eigenvalue weighted by Gasteiger charge is 2.17. The van der Waals surface area contributed by atoms with Gasteiger partial charge in [-0.1, -0.05) is 0 Å². The number of aromatic amines is 1. The number of carbonyl (C=O) groups is 1. The van der Waals surface area contributed by atoms with Gasteiger partial charge in [-0.3, -0.25) is 0 Å². The van der Waals surface area contributed by atoms with E-state index in [1.54, 1.807) is 0 Å². The summed E-state index contributed by atoms with van der Waals surface area (Å²) in [7, 11) is 1.27. The lowest BCUT2D eigenvalue weighted by atomic mass is 10.1. The van der Waals surface area contributed by atoms with Crippen LogP contribution in [0.3, 0.4) is 0 Å². The van der Waals surface area contributed by atoms with Crippen LogP contribution in [0, 0.1) is 5.82 Å². The molecule has 0 amide bonds. The maximum atomic E-state index is 12.9. The van der Waals surface area contributed by atoms with Gasteiger partial charge in [0.1, 0.15) is 17.2 Å². The van der Waals surface area contributed by atoms with Crippen LogP contribution >= 0.6 is 0 Å².